The molecule has 0 saturated carbocycles. The minimum absolute atomic E-state index is 0.0914. The monoisotopic (exact) mass is 248 g/mol. The molecule has 1 aromatic carbocycles. The number of benzene rings is 1. The summed E-state index contributed by atoms with van der Waals surface area (Å²) in [5.74, 6) is 1.53. The molecule has 0 radical (unpaired) electrons. The van der Waals surface area contributed by atoms with Crippen LogP contribution in [0.25, 0.3) is 11.3 Å². The minimum Gasteiger partial charge on any atom is -0.461 e. The fourth-order valence-electron chi connectivity index (χ4n) is 1.74. The summed E-state index contributed by atoms with van der Waals surface area (Å²) in [4.78, 5) is 11.0. The van der Waals surface area contributed by atoms with E-state index in [9.17, 15) is 4.79 Å². The van der Waals surface area contributed by atoms with E-state index in [4.69, 9.17) is 16.0 Å². The van der Waals surface area contributed by atoms with Crippen LogP contribution < -0.4 is 0 Å². The molecule has 0 aliphatic rings. The van der Waals surface area contributed by atoms with Crippen molar-refractivity contribution >= 4 is 17.4 Å². The van der Waals surface area contributed by atoms with E-state index >= 15 is 0 Å². The second kappa shape index (κ2) is 4.76. The molecule has 0 bridgehead atoms. The first-order valence-corrected chi connectivity index (χ1v) is 5.79. The molecule has 88 valence electrons. The quantitative estimate of drug-likeness (QED) is 0.821. The minimum atomic E-state index is 0.0914. The molecule has 0 spiro atoms. The highest BCUT2D eigenvalue weighted by molar-refractivity contribution is 6.31. The zero-order valence-electron chi connectivity index (χ0n) is 9.79. The van der Waals surface area contributed by atoms with Crippen LogP contribution in [0.15, 0.2) is 34.7 Å². The Bertz CT molecular complexity index is 555. The molecule has 0 aliphatic carbocycles. The van der Waals surface area contributed by atoms with E-state index in [0.29, 0.717) is 17.2 Å². The molecular weight excluding hydrogens is 236 g/mol. The van der Waals surface area contributed by atoms with Gasteiger partial charge in [-0.2, -0.15) is 0 Å². The number of ketones is 1. The topological polar surface area (TPSA) is 30.2 Å². The molecule has 0 fully saturated rings. The number of Topliss-reactive ketones (excluding diaryl/α,β-unsaturated/α-hetero) is 1. The Kier molecular flexibility index (Phi) is 3.34. The van der Waals surface area contributed by atoms with Crippen molar-refractivity contribution in [2.24, 2.45) is 0 Å². The number of carbonyl (C=O) groups is 1. The Morgan fingerprint density at radius 1 is 1.29 bits per heavy atom. The second-order valence-corrected chi connectivity index (χ2v) is 4.46. The van der Waals surface area contributed by atoms with Crippen LogP contribution in [0.3, 0.4) is 0 Å². The van der Waals surface area contributed by atoms with Gasteiger partial charge in [-0.05, 0) is 37.6 Å². The predicted octanol–water partition coefficient (Wildman–Crippen LogP) is 4.04. The predicted molar refractivity (Wildman–Crippen MR) is 68.3 cm³/mol. The van der Waals surface area contributed by atoms with Crippen molar-refractivity contribution in [2.45, 2.75) is 20.3 Å². The van der Waals surface area contributed by atoms with E-state index in [1.54, 1.807) is 6.92 Å². The van der Waals surface area contributed by atoms with Crippen molar-refractivity contribution in [3.8, 4) is 11.3 Å². The smallest absolute Gasteiger partial charge is 0.137 e. The van der Waals surface area contributed by atoms with Crippen molar-refractivity contribution in [3.63, 3.8) is 0 Å². The largest absolute Gasteiger partial charge is 0.461 e. The molecule has 0 amide bonds. The van der Waals surface area contributed by atoms with Crippen molar-refractivity contribution in [1.82, 2.24) is 0 Å². The Labute approximate surface area is 105 Å². The number of carbonyl (C=O) groups excluding carboxylic acids is 1. The molecule has 17 heavy (non-hydrogen) atoms. The lowest BCUT2D eigenvalue weighted by atomic mass is 10.1. The van der Waals surface area contributed by atoms with Crippen LogP contribution >= 0.6 is 11.6 Å². The van der Waals surface area contributed by atoms with Crippen LogP contribution in [0.5, 0.6) is 0 Å². The van der Waals surface area contributed by atoms with Crippen molar-refractivity contribution in [1.29, 1.82) is 0 Å². The third kappa shape index (κ3) is 2.59. The molecule has 2 rings (SSSR count). The fourth-order valence-corrected chi connectivity index (χ4v) is 1.91. The molecule has 1 aromatic heterocycles. The van der Waals surface area contributed by atoms with Gasteiger partial charge in [0.1, 0.15) is 17.3 Å². The lowest BCUT2D eigenvalue weighted by Gasteiger charge is -2.04. The maximum Gasteiger partial charge on any atom is 0.137 e. The van der Waals surface area contributed by atoms with Crippen LogP contribution in [0.1, 0.15) is 18.2 Å². The Balaban J connectivity index is 2.37. The Morgan fingerprint density at radius 2 is 2.06 bits per heavy atom. The highest BCUT2D eigenvalue weighted by atomic mass is 35.5. The number of rotatable bonds is 3. The van der Waals surface area contributed by atoms with E-state index in [2.05, 4.69) is 0 Å². The molecule has 0 unspecified atom stereocenters. The third-order valence-electron chi connectivity index (χ3n) is 2.62. The number of halogens is 1. The first-order valence-electron chi connectivity index (χ1n) is 5.41. The number of furan rings is 1. The van der Waals surface area contributed by atoms with Crippen LogP contribution in [0.4, 0.5) is 0 Å². The summed E-state index contributed by atoms with van der Waals surface area (Å²) in [6.45, 7) is 3.50. The zero-order chi connectivity index (χ0) is 12.4. The van der Waals surface area contributed by atoms with Crippen molar-refractivity contribution in [2.75, 3.05) is 0 Å². The molecule has 3 heteroatoms. The molecule has 0 aliphatic heterocycles. The lowest BCUT2D eigenvalue weighted by Crippen LogP contribution is -1.93. The summed E-state index contributed by atoms with van der Waals surface area (Å²) in [6.07, 6.45) is 0.333. The van der Waals surface area contributed by atoms with Gasteiger partial charge in [0, 0.05) is 10.6 Å². The van der Waals surface area contributed by atoms with E-state index in [1.165, 1.54) is 0 Å². The van der Waals surface area contributed by atoms with Crippen molar-refractivity contribution < 1.29 is 9.21 Å². The molecule has 2 aromatic rings. The Hall–Kier alpha value is -1.54. The van der Waals surface area contributed by atoms with Crippen molar-refractivity contribution in [3.05, 3.63) is 46.7 Å². The van der Waals surface area contributed by atoms with Gasteiger partial charge in [-0.3, -0.25) is 4.79 Å². The molecule has 0 saturated heterocycles. The summed E-state index contributed by atoms with van der Waals surface area (Å²) < 4.78 is 5.64. The van der Waals surface area contributed by atoms with Gasteiger partial charge >= 0.3 is 0 Å². The van der Waals surface area contributed by atoms with Crippen LogP contribution in [-0.4, -0.2) is 5.78 Å². The van der Waals surface area contributed by atoms with E-state index in [0.717, 1.165) is 16.9 Å². The van der Waals surface area contributed by atoms with Gasteiger partial charge in [-0.15, -0.1) is 0 Å². The summed E-state index contributed by atoms with van der Waals surface area (Å²) in [5.41, 5.74) is 1.95. The van der Waals surface area contributed by atoms with Gasteiger partial charge in [0.25, 0.3) is 0 Å². The van der Waals surface area contributed by atoms with Crippen LogP contribution in [0.2, 0.25) is 5.02 Å². The van der Waals surface area contributed by atoms with Crippen LogP contribution in [0, 0.1) is 6.92 Å². The normalized spacial score (nSPS) is 10.5. The van der Waals surface area contributed by atoms with E-state index in [1.807, 2.05) is 37.3 Å². The average molecular weight is 249 g/mol. The van der Waals surface area contributed by atoms with Gasteiger partial charge in [0.15, 0.2) is 0 Å². The molecular formula is C14H13ClO2. The molecule has 2 nitrogen and oxygen atoms in total. The first kappa shape index (κ1) is 11.9. The summed E-state index contributed by atoms with van der Waals surface area (Å²) in [6, 6.07) is 9.39. The number of hydrogen-bond acceptors (Lipinski definition) is 2. The van der Waals surface area contributed by atoms with E-state index < -0.39 is 0 Å². The van der Waals surface area contributed by atoms with Gasteiger partial charge < -0.3 is 4.42 Å². The standard InChI is InChI=1S/C14H13ClO2/c1-9(16)8-11-6-7-14(17-11)12-4-3-5-13(15)10(12)2/h3-7H,8H2,1-2H3. The highest BCUT2D eigenvalue weighted by Gasteiger charge is 2.10. The van der Waals surface area contributed by atoms with E-state index in [-0.39, 0.29) is 5.78 Å². The molecule has 0 atom stereocenters. The second-order valence-electron chi connectivity index (χ2n) is 4.06. The van der Waals surface area contributed by atoms with Gasteiger partial charge in [0.05, 0.1) is 6.42 Å². The summed E-state index contributed by atoms with van der Waals surface area (Å²) >= 11 is 6.06. The fraction of sp³-hybridized carbons (Fsp3) is 0.214. The summed E-state index contributed by atoms with van der Waals surface area (Å²) in [7, 11) is 0. The molecule has 0 N–H and O–H groups in total. The number of hydrogen-bond donors (Lipinski definition) is 0. The first-order chi connectivity index (χ1) is 8.08. The van der Waals surface area contributed by atoms with Gasteiger partial charge in [-0.1, -0.05) is 23.7 Å². The van der Waals surface area contributed by atoms with Crippen LogP contribution in [-0.2, 0) is 11.2 Å². The third-order valence-corrected chi connectivity index (χ3v) is 3.03. The SMILES string of the molecule is CC(=O)Cc1ccc(-c2cccc(Cl)c2C)o1. The summed E-state index contributed by atoms with van der Waals surface area (Å²) in [5, 5.41) is 0.715. The zero-order valence-corrected chi connectivity index (χ0v) is 10.5. The highest BCUT2D eigenvalue weighted by Crippen LogP contribution is 2.29. The maximum absolute atomic E-state index is 11.0. The molecule has 1 heterocycles. The van der Waals surface area contributed by atoms with Gasteiger partial charge in [-0.25, -0.2) is 0 Å². The average Bonchev–Trinajstić information content (AvgIpc) is 2.69. The van der Waals surface area contributed by atoms with Gasteiger partial charge in [0.2, 0.25) is 0 Å². The maximum atomic E-state index is 11.0. The Morgan fingerprint density at radius 3 is 2.76 bits per heavy atom. The lowest BCUT2D eigenvalue weighted by molar-refractivity contribution is -0.116.